The van der Waals surface area contributed by atoms with E-state index in [4.69, 9.17) is 5.73 Å². The maximum atomic E-state index is 12.4. The van der Waals surface area contributed by atoms with Gasteiger partial charge in [-0.2, -0.15) is 0 Å². The molecule has 3 rings (SSSR count). The third kappa shape index (κ3) is 3.48. The normalized spacial score (nSPS) is 13.4. The van der Waals surface area contributed by atoms with Crippen molar-refractivity contribution >= 4 is 33.2 Å². The van der Waals surface area contributed by atoms with Gasteiger partial charge in [-0.1, -0.05) is 0 Å². The Hall–Kier alpha value is -2.87. The molecular weight excluding hydrogens is 342 g/mol. The van der Waals surface area contributed by atoms with Crippen LogP contribution in [0.15, 0.2) is 42.5 Å². The zero-order valence-corrected chi connectivity index (χ0v) is 14.3. The van der Waals surface area contributed by atoms with E-state index in [1.807, 2.05) is 0 Å². The van der Waals surface area contributed by atoms with Crippen LogP contribution in [0.25, 0.3) is 0 Å². The van der Waals surface area contributed by atoms with Gasteiger partial charge in [0.05, 0.1) is 11.9 Å². The smallest absolute Gasteiger partial charge is 0.255 e. The highest BCUT2D eigenvalue weighted by atomic mass is 32.2. The highest BCUT2D eigenvalue weighted by Crippen LogP contribution is 2.30. The predicted octanol–water partition coefficient (Wildman–Crippen LogP) is 1.36. The largest absolute Gasteiger partial charge is 0.366 e. The Morgan fingerprint density at radius 2 is 1.72 bits per heavy atom. The predicted molar refractivity (Wildman–Crippen MR) is 95.2 cm³/mol. The van der Waals surface area contributed by atoms with Gasteiger partial charge in [0.15, 0.2) is 0 Å². The van der Waals surface area contributed by atoms with Crippen LogP contribution in [0.1, 0.15) is 26.3 Å². The Balaban J connectivity index is 1.79. The molecule has 1 aliphatic heterocycles. The average molecular weight is 359 g/mol. The first-order valence-electron chi connectivity index (χ1n) is 7.57. The number of hydrogen-bond donors (Lipinski definition) is 2. The second-order valence-corrected chi connectivity index (χ2v) is 7.73. The van der Waals surface area contributed by atoms with E-state index in [1.54, 1.807) is 30.3 Å². The van der Waals surface area contributed by atoms with Crippen LogP contribution in [0.3, 0.4) is 0 Å². The molecule has 130 valence electrons. The van der Waals surface area contributed by atoms with Crippen molar-refractivity contribution in [2.45, 2.75) is 6.42 Å². The summed E-state index contributed by atoms with van der Waals surface area (Å²) in [7, 11) is -3.31. The van der Waals surface area contributed by atoms with Crippen molar-refractivity contribution in [3.8, 4) is 0 Å². The molecule has 0 spiro atoms. The maximum Gasteiger partial charge on any atom is 0.255 e. The van der Waals surface area contributed by atoms with Gasteiger partial charge >= 0.3 is 0 Å². The molecule has 0 bridgehead atoms. The number of hydrogen-bond acceptors (Lipinski definition) is 4. The van der Waals surface area contributed by atoms with Crippen LogP contribution < -0.4 is 15.4 Å². The second-order valence-electron chi connectivity index (χ2n) is 5.82. The average Bonchev–Trinajstić information content (AvgIpc) is 2.98. The molecule has 2 amide bonds. The van der Waals surface area contributed by atoms with Gasteiger partial charge in [0, 0.05) is 23.4 Å². The minimum Gasteiger partial charge on any atom is -0.366 e. The minimum atomic E-state index is -3.31. The molecule has 0 saturated carbocycles. The van der Waals surface area contributed by atoms with Crippen molar-refractivity contribution < 1.29 is 18.0 Å². The summed E-state index contributed by atoms with van der Waals surface area (Å²) in [6.45, 7) is 0.383. The van der Waals surface area contributed by atoms with Gasteiger partial charge in [-0.25, -0.2) is 8.42 Å². The van der Waals surface area contributed by atoms with E-state index in [9.17, 15) is 18.0 Å². The maximum absolute atomic E-state index is 12.4. The Morgan fingerprint density at radius 1 is 1.08 bits per heavy atom. The summed E-state index contributed by atoms with van der Waals surface area (Å²) in [5.41, 5.74) is 7.95. The quantitative estimate of drug-likeness (QED) is 0.859. The molecule has 0 fully saturated rings. The molecule has 0 saturated heterocycles. The van der Waals surface area contributed by atoms with Crippen LogP contribution in [-0.4, -0.2) is 33.0 Å². The zero-order valence-electron chi connectivity index (χ0n) is 13.5. The number of amides is 2. The molecule has 0 aliphatic carbocycles. The Labute approximate surface area is 145 Å². The molecule has 25 heavy (non-hydrogen) atoms. The van der Waals surface area contributed by atoms with Crippen LogP contribution in [0.5, 0.6) is 0 Å². The van der Waals surface area contributed by atoms with E-state index in [0.717, 1.165) is 5.56 Å². The molecule has 0 aromatic heterocycles. The summed E-state index contributed by atoms with van der Waals surface area (Å²) in [5.74, 6) is -0.848. The molecule has 8 heteroatoms. The van der Waals surface area contributed by atoms with E-state index < -0.39 is 15.9 Å². The highest BCUT2D eigenvalue weighted by molar-refractivity contribution is 7.92. The van der Waals surface area contributed by atoms with Crippen LogP contribution in [0.2, 0.25) is 0 Å². The second kappa shape index (κ2) is 6.21. The number of anilines is 2. The van der Waals surface area contributed by atoms with Crippen LogP contribution in [0, 0.1) is 0 Å². The lowest BCUT2D eigenvalue weighted by Crippen LogP contribution is -2.27. The first-order valence-corrected chi connectivity index (χ1v) is 9.42. The van der Waals surface area contributed by atoms with Gasteiger partial charge in [-0.15, -0.1) is 0 Å². The Bertz CT molecular complexity index is 952. The van der Waals surface area contributed by atoms with E-state index in [-0.39, 0.29) is 5.91 Å². The lowest BCUT2D eigenvalue weighted by molar-refractivity contribution is 0.0998. The number of nitrogens with one attached hydrogen (secondary N) is 1. The van der Waals surface area contributed by atoms with Gasteiger partial charge < -0.3 is 11.1 Å². The number of carbonyl (C=O) groups is 2. The van der Waals surface area contributed by atoms with Crippen molar-refractivity contribution in [2.24, 2.45) is 5.73 Å². The molecule has 2 aromatic rings. The summed E-state index contributed by atoms with van der Waals surface area (Å²) in [6.07, 6.45) is 1.73. The molecule has 2 aromatic carbocycles. The van der Waals surface area contributed by atoms with E-state index >= 15 is 0 Å². The third-order valence-electron chi connectivity index (χ3n) is 4.02. The number of sulfonamides is 1. The number of benzene rings is 2. The third-order valence-corrected chi connectivity index (χ3v) is 5.20. The summed E-state index contributed by atoms with van der Waals surface area (Å²) >= 11 is 0. The zero-order chi connectivity index (χ0) is 18.2. The fraction of sp³-hybridized carbons (Fsp3) is 0.176. The summed E-state index contributed by atoms with van der Waals surface area (Å²) in [5, 5.41) is 2.73. The molecule has 7 nitrogen and oxygen atoms in total. The van der Waals surface area contributed by atoms with Gasteiger partial charge in [0.25, 0.3) is 5.91 Å². The van der Waals surface area contributed by atoms with Crippen molar-refractivity contribution in [2.75, 3.05) is 22.4 Å². The first kappa shape index (κ1) is 17.0. The highest BCUT2D eigenvalue weighted by Gasteiger charge is 2.26. The van der Waals surface area contributed by atoms with Gasteiger partial charge in [-0.3, -0.25) is 13.9 Å². The molecule has 0 unspecified atom stereocenters. The molecular formula is C17H17N3O4S. The van der Waals surface area contributed by atoms with Gasteiger partial charge in [0.2, 0.25) is 15.9 Å². The fourth-order valence-corrected chi connectivity index (χ4v) is 3.74. The summed E-state index contributed by atoms with van der Waals surface area (Å²) < 4.78 is 24.8. The topological polar surface area (TPSA) is 110 Å². The van der Waals surface area contributed by atoms with Crippen LogP contribution >= 0.6 is 0 Å². The lowest BCUT2D eigenvalue weighted by Gasteiger charge is -2.16. The van der Waals surface area contributed by atoms with Crippen molar-refractivity contribution in [1.29, 1.82) is 0 Å². The van der Waals surface area contributed by atoms with Crippen LogP contribution in [0.4, 0.5) is 11.4 Å². The van der Waals surface area contributed by atoms with Crippen molar-refractivity contribution in [3.63, 3.8) is 0 Å². The Kier molecular flexibility index (Phi) is 4.22. The van der Waals surface area contributed by atoms with E-state index in [1.165, 1.54) is 22.7 Å². The first-order chi connectivity index (χ1) is 11.8. The number of rotatable bonds is 4. The fourth-order valence-electron chi connectivity index (χ4n) is 2.78. The summed E-state index contributed by atoms with van der Waals surface area (Å²) in [6, 6.07) is 11.2. The van der Waals surface area contributed by atoms with Crippen LogP contribution in [-0.2, 0) is 16.4 Å². The standard InChI is InChI=1S/C17H17N3O4S/c1-25(23,24)20-9-8-12-10-13(4-7-15(12)20)17(22)19-14-5-2-11(3-6-14)16(18)21/h2-7,10H,8-9H2,1H3,(H2,18,21)(H,19,22). The SMILES string of the molecule is CS(=O)(=O)N1CCc2cc(C(=O)Nc3ccc(C(N)=O)cc3)ccc21. The van der Waals surface area contributed by atoms with Gasteiger partial charge in [0.1, 0.15) is 0 Å². The van der Waals surface area contributed by atoms with Gasteiger partial charge in [-0.05, 0) is 54.4 Å². The molecule has 1 aliphatic rings. The molecule has 1 heterocycles. The number of carbonyl (C=O) groups excluding carboxylic acids is 2. The van der Waals surface area contributed by atoms with Crippen molar-refractivity contribution in [1.82, 2.24) is 0 Å². The monoisotopic (exact) mass is 359 g/mol. The van der Waals surface area contributed by atoms with Crippen molar-refractivity contribution in [3.05, 3.63) is 59.2 Å². The molecule has 0 radical (unpaired) electrons. The molecule has 0 atom stereocenters. The minimum absolute atomic E-state index is 0.313. The van der Waals surface area contributed by atoms with E-state index in [0.29, 0.717) is 35.5 Å². The molecule has 3 N–H and O–H groups in total. The lowest BCUT2D eigenvalue weighted by atomic mass is 10.1. The number of nitrogens with two attached hydrogens (primary N) is 1. The number of nitrogens with zero attached hydrogens (tertiary/aromatic N) is 1. The Morgan fingerprint density at radius 3 is 2.32 bits per heavy atom. The number of primary amides is 1. The van der Waals surface area contributed by atoms with E-state index in [2.05, 4.69) is 5.32 Å². The number of fused-ring (bicyclic) bond motifs is 1. The summed E-state index contributed by atoms with van der Waals surface area (Å²) in [4.78, 5) is 23.4.